The number of aryl methyl sites for hydroxylation is 1. The zero-order valence-corrected chi connectivity index (χ0v) is 25.1. The number of rotatable bonds is 4. The molecule has 4 aromatic carbocycles. The SMILES string of the molecule is CCn1c(C)c(C2(c3c(-c4ccccc4)cc4sc5ccccc5n34)OC(=O)c3cc4ccccc4nc32)c2ccccc21. The number of carbonyl (C=O) groups excluding carboxylic acids is 1. The fourth-order valence-corrected chi connectivity index (χ4v) is 8.43. The minimum Gasteiger partial charge on any atom is -0.437 e. The van der Waals surface area contributed by atoms with Gasteiger partial charge in [0.15, 0.2) is 0 Å². The van der Waals surface area contributed by atoms with Crippen LogP contribution >= 0.6 is 11.3 Å². The third-order valence-corrected chi connectivity index (χ3v) is 10.2. The molecule has 6 heteroatoms. The van der Waals surface area contributed by atoms with Crippen molar-refractivity contribution < 1.29 is 9.53 Å². The second-order valence-electron chi connectivity index (χ2n) is 11.4. The van der Waals surface area contributed by atoms with Crippen LogP contribution in [-0.2, 0) is 16.9 Å². The van der Waals surface area contributed by atoms with Crippen LogP contribution in [0.4, 0.5) is 0 Å². The fourth-order valence-electron chi connectivity index (χ4n) is 7.34. The highest BCUT2D eigenvalue weighted by Crippen LogP contribution is 2.54. The fraction of sp³-hybridized carbons (Fsp3) is 0.105. The molecule has 0 bridgehead atoms. The molecular weight excluding hydrogens is 563 g/mol. The molecule has 1 unspecified atom stereocenters. The van der Waals surface area contributed by atoms with Gasteiger partial charge in [0.1, 0.15) is 10.5 Å². The van der Waals surface area contributed by atoms with Gasteiger partial charge < -0.3 is 9.30 Å². The van der Waals surface area contributed by atoms with E-state index in [2.05, 4.69) is 102 Å². The molecule has 0 aliphatic carbocycles. The molecule has 0 saturated heterocycles. The zero-order chi connectivity index (χ0) is 29.6. The molecule has 1 atom stereocenters. The quantitative estimate of drug-likeness (QED) is 0.192. The molecule has 0 radical (unpaired) electrons. The second kappa shape index (κ2) is 9.15. The predicted octanol–water partition coefficient (Wildman–Crippen LogP) is 9.11. The number of hydrogen-bond donors (Lipinski definition) is 0. The molecule has 212 valence electrons. The van der Waals surface area contributed by atoms with E-state index in [1.165, 1.54) is 4.70 Å². The lowest BCUT2D eigenvalue weighted by molar-refractivity contribution is 0.0233. The van der Waals surface area contributed by atoms with Gasteiger partial charge in [0, 0.05) is 39.7 Å². The third kappa shape index (κ3) is 3.23. The Kier molecular flexibility index (Phi) is 5.26. The maximum absolute atomic E-state index is 14.2. The first-order valence-corrected chi connectivity index (χ1v) is 15.7. The highest BCUT2D eigenvalue weighted by molar-refractivity contribution is 7.24. The average molecular weight is 590 g/mol. The topological polar surface area (TPSA) is 48.5 Å². The lowest BCUT2D eigenvalue weighted by Gasteiger charge is -2.31. The van der Waals surface area contributed by atoms with Crippen LogP contribution in [0.3, 0.4) is 0 Å². The highest BCUT2D eigenvalue weighted by Gasteiger charge is 2.55. The third-order valence-electron chi connectivity index (χ3n) is 9.13. The van der Waals surface area contributed by atoms with E-state index in [4.69, 9.17) is 9.72 Å². The van der Waals surface area contributed by atoms with E-state index in [0.29, 0.717) is 11.3 Å². The lowest BCUT2D eigenvalue weighted by atomic mass is 9.81. The van der Waals surface area contributed by atoms with Crippen molar-refractivity contribution in [1.29, 1.82) is 0 Å². The van der Waals surface area contributed by atoms with Crippen molar-refractivity contribution in [3.05, 3.63) is 143 Å². The maximum Gasteiger partial charge on any atom is 0.341 e. The highest BCUT2D eigenvalue weighted by atomic mass is 32.1. The summed E-state index contributed by atoms with van der Waals surface area (Å²) >= 11 is 1.74. The van der Waals surface area contributed by atoms with Crippen LogP contribution in [0.25, 0.3) is 48.0 Å². The number of fused-ring (bicyclic) bond motifs is 6. The summed E-state index contributed by atoms with van der Waals surface area (Å²) in [5, 5.41) is 1.97. The molecule has 44 heavy (non-hydrogen) atoms. The summed E-state index contributed by atoms with van der Waals surface area (Å²) in [6, 6.07) is 39.5. The number of benzene rings is 4. The Morgan fingerprint density at radius 1 is 0.818 bits per heavy atom. The van der Waals surface area contributed by atoms with E-state index >= 15 is 0 Å². The van der Waals surface area contributed by atoms with Gasteiger partial charge in [0.05, 0.1) is 27.0 Å². The molecule has 5 heterocycles. The number of cyclic esters (lactones) is 1. The predicted molar refractivity (Wildman–Crippen MR) is 178 cm³/mol. The number of ether oxygens (including phenoxy) is 1. The maximum atomic E-state index is 14.2. The van der Waals surface area contributed by atoms with Crippen LogP contribution in [0.5, 0.6) is 0 Å². The van der Waals surface area contributed by atoms with Crippen molar-refractivity contribution in [3.8, 4) is 11.1 Å². The van der Waals surface area contributed by atoms with Crippen molar-refractivity contribution in [1.82, 2.24) is 14.0 Å². The normalized spacial score (nSPS) is 16.4. The molecule has 9 rings (SSSR count). The molecule has 4 aromatic heterocycles. The van der Waals surface area contributed by atoms with Gasteiger partial charge in [-0.3, -0.25) is 4.40 Å². The van der Waals surface area contributed by atoms with E-state index in [1.807, 2.05) is 36.4 Å². The summed E-state index contributed by atoms with van der Waals surface area (Å²) in [5.41, 5.74) is 7.82. The summed E-state index contributed by atoms with van der Waals surface area (Å²) in [4.78, 5) is 20.6. The van der Waals surface area contributed by atoms with Gasteiger partial charge in [-0.05, 0) is 55.8 Å². The zero-order valence-electron chi connectivity index (χ0n) is 24.2. The van der Waals surface area contributed by atoms with Gasteiger partial charge in [0.2, 0.25) is 5.60 Å². The van der Waals surface area contributed by atoms with Crippen LogP contribution in [0.15, 0.2) is 115 Å². The molecule has 0 N–H and O–H groups in total. The Morgan fingerprint density at radius 2 is 1.55 bits per heavy atom. The van der Waals surface area contributed by atoms with Gasteiger partial charge in [-0.15, -0.1) is 11.3 Å². The molecule has 5 nitrogen and oxygen atoms in total. The molecule has 1 aliphatic rings. The minimum atomic E-state index is -1.32. The monoisotopic (exact) mass is 589 g/mol. The van der Waals surface area contributed by atoms with Gasteiger partial charge >= 0.3 is 5.97 Å². The molecule has 8 aromatic rings. The Hall–Kier alpha value is -5.20. The number of thiazole rings is 1. The van der Waals surface area contributed by atoms with Crippen molar-refractivity contribution in [2.75, 3.05) is 0 Å². The Bertz CT molecular complexity index is 2450. The molecule has 0 saturated carbocycles. The minimum absolute atomic E-state index is 0.362. The number of para-hydroxylation sites is 3. The number of aromatic nitrogens is 3. The number of esters is 1. The summed E-state index contributed by atoms with van der Waals surface area (Å²) in [6.45, 7) is 5.09. The summed E-state index contributed by atoms with van der Waals surface area (Å²) in [5.74, 6) is -0.362. The first kappa shape index (κ1) is 25.3. The number of hydrogen-bond acceptors (Lipinski definition) is 4. The van der Waals surface area contributed by atoms with E-state index in [-0.39, 0.29) is 5.97 Å². The molecule has 0 spiro atoms. The van der Waals surface area contributed by atoms with Crippen molar-refractivity contribution >= 4 is 54.2 Å². The second-order valence-corrected chi connectivity index (χ2v) is 12.4. The van der Waals surface area contributed by atoms with Crippen LogP contribution in [0.1, 0.15) is 39.9 Å². The van der Waals surface area contributed by atoms with Gasteiger partial charge in [0.25, 0.3) is 0 Å². The first-order valence-electron chi connectivity index (χ1n) is 14.9. The molecule has 1 aliphatic heterocycles. The number of pyridine rings is 1. The molecule has 0 fully saturated rings. The largest absolute Gasteiger partial charge is 0.437 e. The lowest BCUT2D eigenvalue weighted by Crippen LogP contribution is -2.33. The van der Waals surface area contributed by atoms with Gasteiger partial charge in [-0.1, -0.05) is 78.9 Å². The van der Waals surface area contributed by atoms with Crippen LogP contribution in [0.2, 0.25) is 0 Å². The van der Waals surface area contributed by atoms with Crippen LogP contribution in [-0.4, -0.2) is 19.9 Å². The van der Waals surface area contributed by atoms with Crippen LogP contribution < -0.4 is 0 Å². The Morgan fingerprint density at radius 3 is 2.39 bits per heavy atom. The summed E-state index contributed by atoms with van der Waals surface area (Å²) in [7, 11) is 0. The van der Waals surface area contributed by atoms with E-state index < -0.39 is 5.60 Å². The molecule has 0 amide bonds. The van der Waals surface area contributed by atoms with Gasteiger partial charge in [-0.25, -0.2) is 9.78 Å². The number of nitrogens with zero attached hydrogens (tertiary/aromatic N) is 3. The van der Waals surface area contributed by atoms with Gasteiger partial charge in [-0.2, -0.15) is 0 Å². The molecular formula is C38H27N3O2S. The van der Waals surface area contributed by atoms with Crippen LogP contribution in [0, 0.1) is 6.92 Å². The Labute approximate surface area is 257 Å². The summed E-state index contributed by atoms with van der Waals surface area (Å²) < 4.78 is 12.7. The smallest absolute Gasteiger partial charge is 0.341 e. The average Bonchev–Trinajstić information content (AvgIpc) is 3.77. The summed E-state index contributed by atoms with van der Waals surface area (Å²) in [6.07, 6.45) is 0. The van der Waals surface area contributed by atoms with E-state index in [1.54, 1.807) is 11.3 Å². The van der Waals surface area contributed by atoms with Crippen molar-refractivity contribution in [2.45, 2.75) is 26.0 Å². The van der Waals surface area contributed by atoms with E-state index in [0.717, 1.165) is 66.8 Å². The first-order chi connectivity index (χ1) is 21.6. The number of carbonyl (C=O) groups is 1. The van der Waals surface area contributed by atoms with Crippen molar-refractivity contribution in [2.24, 2.45) is 0 Å². The Balaban J connectivity index is 1.55. The van der Waals surface area contributed by atoms with E-state index in [9.17, 15) is 4.79 Å². The standard InChI is InChI=1S/C38H27N3O2S/c1-3-40-23(2)34(26-16-8-10-18-30(26)40)38(35-28(37(42)43-38)21-25-15-7-9-17-29(25)39-35)36-27(24-13-5-4-6-14-24)22-33-41(36)31-19-11-12-20-32(31)44-33/h4-22H,3H2,1-2H3. The van der Waals surface area contributed by atoms with Crippen molar-refractivity contribution in [3.63, 3.8) is 0 Å².